The predicted molar refractivity (Wildman–Crippen MR) is 77.6 cm³/mol. The molecule has 0 fully saturated rings. The van der Waals surface area contributed by atoms with Crippen molar-refractivity contribution in [2.75, 3.05) is 5.32 Å². The summed E-state index contributed by atoms with van der Waals surface area (Å²) < 4.78 is 26.6. The summed E-state index contributed by atoms with van der Waals surface area (Å²) in [7, 11) is 0. The second-order valence-electron chi connectivity index (χ2n) is 4.48. The van der Waals surface area contributed by atoms with E-state index in [4.69, 9.17) is 11.6 Å². The zero-order valence-electron chi connectivity index (χ0n) is 11.3. The van der Waals surface area contributed by atoms with Gasteiger partial charge in [0.1, 0.15) is 5.15 Å². The smallest absolute Gasteiger partial charge is 0.255 e. The average Bonchev–Trinajstić information content (AvgIpc) is 2.43. The van der Waals surface area contributed by atoms with Crippen LogP contribution in [0.15, 0.2) is 30.3 Å². The molecule has 0 aliphatic heterocycles. The molecule has 0 bridgehead atoms. The fourth-order valence-electron chi connectivity index (χ4n) is 1.86. The summed E-state index contributed by atoms with van der Waals surface area (Å²) in [4.78, 5) is 16.2. The zero-order valence-corrected chi connectivity index (χ0v) is 12.0. The second kappa shape index (κ2) is 6.63. The number of hydrogen-bond acceptors (Lipinski definition) is 2. The third-order valence-corrected chi connectivity index (χ3v) is 3.01. The number of carbonyl (C=O) groups excluding carboxylic acids is 1. The van der Waals surface area contributed by atoms with Crippen LogP contribution in [0.1, 0.15) is 29.4 Å². The number of carbonyl (C=O) groups is 1. The molecule has 1 amide bonds. The minimum atomic E-state index is -1.10. The lowest BCUT2D eigenvalue weighted by Crippen LogP contribution is -2.14. The van der Waals surface area contributed by atoms with Crippen molar-refractivity contribution < 1.29 is 13.6 Å². The van der Waals surface area contributed by atoms with Gasteiger partial charge in [-0.05, 0) is 30.7 Å². The van der Waals surface area contributed by atoms with E-state index in [0.717, 1.165) is 12.5 Å². The maximum absolute atomic E-state index is 13.5. The Morgan fingerprint density at radius 1 is 1.33 bits per heavy atom. The molecule has 0 saturated heterocycles. The highest BCUT2D eigenvalue weighted by molar-refractivity contribution is 6.29. The van der Waals surface area contributed by atoms with Crippen LogP contribution in [0.4, 0.5) is 14.5 Å². The molecule has 0 aliphatic rings. The third-order valence-electron chi connectivity index (χ3n) is 2.82. The van der Waals surface area contributed by atoms with E-state index in [2.05, 4.69) is 10.3 Å². The van der Waals surface area contributed by atoms with E-state index in [1.54, 1.807) is 6.07 Å². The van der Waals surface area contributed by atoms with Crippen LogP contribution < -0.4 is 5.32 Å². The minimum Gasteiger partial charge on any atom is -0.319 e. The lowest BCUT2D eigenvalue weighted by molar-refractivity contribution is 0.102. The lowest BCUT2D eigenvalue weighted by atomic mass is 10.1. The Morgan fingerprint density at radius 3 is 2.81 bits per heavy atom. The van der Waals surface area contributed by atoms with E-state index in [0.29, 0.717) is 12.1 Å². The molecule has 0 radical (unpaired) electrons. The van der Waals surface area contributed by atoms with E-state index in [9.17, 15) is 13.6 Å². The van der Waals surface area contributed by atoms with Gasteiger partial charge in [-0.25, -0.2) is 13.8 Å². The fraction of sp³-hybridized carbons (Fsp3) is 0.200. The molecule has 1 aromatic heterocycles. The normalized spacial score (nSPS) is 10.5. The summed E-state index contributed by atoms with van der Waals surface area (Å²) in [6, 6.07) is 6.55. The van der Waals surface area contributed by atoms with Gasteiger partial charge in [0.05, 0.1) is 5.69 Å². The summed E-state index contributed by atoms with van der Waals surface area (Å²) in [5, 5.41) is 2.51. The Morgan fingerprint density at radius 2 is 2.10 bits per heavy atom. The molecule has 1 N–H and O–H groups in total. The van der Waals surface area contributed by atoms with Crippen molar-refractivity contribution >= 4 is 23.2 Å². The highest BCUT2D eigenvalue weighted by Crippen LogP contribution is 2.19. The van der Waals surface area contributed by atoms with Gasteiger partial charge in [-0.15, -0.1) is 0 Å². The SMILES string of the molecule is CCCc1cc(C(=O)Nc2cccc(F)c2F)cc(Cl)n1. The van der Waals surface area contributed by atoms with Crippen molar-refractivity contribution in [3.05, 3.63) is 58.4 Å². The summed E-state index contributed by atoms with van der Waals surface area (Å²) in [5.74, 6) is -2.69. The highest BCUT2D eigenvalue weighted by atomic mass is 35.5. The standard InChI is InChI=1S/C15H13ClF2N2O/c1-2-4-10-7-9(8-13(16)19-10)15(21)20-12-6-3-5-11(17)14(12)18/h3,5-8H,2,4H2,1H3,(H,20,21). The molecule has 1 heterocycles. The van der Waals surface area contributed by atoms with Crippen LogP contribution >= 0.6 is 11.6 Å². The molecule has 2 rings (SSSR count). The first kappa shape index (κ1) is 15.4. The van der Waals surface area contributed by atoms with Crippen LogP contribution in [-0.4, -0.2) is 10.9 Å². The van der Waals surface area contributed by atoms with Crippen LogP contribution in [0.3, 0.4) is 0 Å². The van der Waals surface area contributed by atoms with Gasteiger partial charge in [-0.2, -0.15) is 0 Å². The third kappa shape index (κ3) is 3.76. The average molecular weight is 311 g/mol. The number of nitrogens with one attached hydrogen (secondary N) is 1. The molecule has 0 saturated carbocycles. The molecule has 0 aliphatic carbocycles. The topological polar surface area (TPSA) is 42.0 Å². The van der Waals surface area contributed by atoms with Gasteiger partial charge < -0.3 is 5.32 Å². The maximum atomic E-state index is 13.5. The number of aryl methyl sites for hydroxylation is 1. The van der Waals surface area contributed by atoms with Crippen molar-refractivity contribution in [3.63, 3.8) is 0 Å². The fourth-order valence-corrected chi connectivity index (χ4v) is 2.09. The van der Waals surface area contributed by atoms with E-state index in [1.807, 2.05) is 6.92 Å². The van der Waals surface area contributed by atoms with Crippen molar-refractivity contribution in [2.24, 2.45) is 0 Å². The number of nitrogens with zero attached hydrogens (tertiary/aromatic N) is 1. The van der Waals surface area contributed by atoms with Gasteiger partial charge in [0.2, 0.25) is 0 Å². The summed E-state index contributed by atoms with van der Waals surface area (Å²) in [6.07, 6.45) is 1.53. The Hall–Kier alpha value is -2.01. The van der Waals surface area contributed by atoms with Gasteiger partial charge in [0.25, 0.3) is 5.91 Å². The molecule has 0 spiro atoms. The van der Waals surface area contributed by atoms with Crippen molar-refractivity contribution in [1.82, 2.24) is 4.98 Å². The molecule has 21 heavy (non-hydrogen) atoms. The first-order valence-corrected chi connectivity index (χ1v) is 6.81. The Bertz CT molecular complexity index is 677. The van der Waals surface area contributed by atoms with Crippen LogP contribution in [0.5, 0.6) is 0 Å². The van der Waals surface area contributed by atoms with Gasteiger partial charge in [-0.3, -0.25) is 4.79 Å². The summed E-state index contributed by atoms with van der Waals surface area (Å²) in [6.45, 7) is 1.98. The number of benzene rings is 1. The zero-order chi connectivity index (χ0) is 15.4. The van der Waals surface area contributed by atoms with Crippen LogP contribution in [0, 0.1) is 11.6 Å². The minimum absolute atomic E-state index is 0.186. The molecule has 0 atom stereocenters. The Kier molecular flexibility index (Phi) is 4.85. The van der Waals surface area contributed by atoms with Gasteiger partial charge in [0.15, 0.2) is 11.6 Å². The molecule has 1 aromatic carbocycles. The largest absolute Gasteiger partial charge is 0.319 e. The number of anilines is 1. The second-order valence-corrected chi connectivity index (χ2v) is 4.86. The number of amides is 1. The lowest BCUT2D eigenvalue weighted by Gasteiger charge is -2.08. The van der Waals surface area contributed by atoms with Crippen molar-refractivity contribution in [1.29, 1.82) is 0 Å². The van der Waals surface area contributed by atoms with Gasteiger partial charge in [-0.1, -0.05) is 31.0 Å². The van der Waals surface area contributed by atoms with Crippen molar-refractivity contribution in [3.8, 4) is 0 Å². The molecule has 3 nitrogen and oxygen atoms in total. The number of pyridine rings is 1. The molecule has 110 valence electrons. The molecular formula is C15H13ClF2N2O. The highest BCUT2D eigenvalue weighted by Gasteiger charge is 2.13. The van der Waals surface area contributed by atoms with Crippen molar-refractivity contribution in [2.45, 2.75) is 19.8 Å². The Labute approximate surface area is 126 Å². The molecule has 0 unspecified atom stereocenters. The van der Waals surface area contributed by atoms with E-state index >= 15 is 0 Å². The van der Waals surface area contributed by atoms with E-state index in [-0.39, 0.29) is 16.4 Å². The summed E-state index contributed by atoms with van der Waals surface area (Å²) in [5.41, 5.74) is 0.710. The first-order chi connectivity index (χ1) is 10.0. The number of hydrogen-bond donors (Lipinski definition) is 1. The van der Waals surface area contributed by atoms with Crippen LogP contribution in [0.25, 0.3) is 0 Å². The van der Waals surface area contributed by atoms with Crippen LogP contribution in [-0.2, 0) is 6.42 Å². The van der Waals surface area contributed by atoms with E-state index in [1.165, 1.54) is 18.2 Å². The van der Waals surface area contributed by atoms with Crippen LogP contribution in [0.2, 0.25) is 5.15 Å². The van der Waals surface area contributed by atoms with Gasteiger partial charge in [0, 0.05) is 11.3 Å². The molecule has 2 aromatic rings. The molecule has 6 heteroatoms. The quantitative estimate of drug-likeness (QED) is 0.859. The number of rotatable bonds is 4. The maximum Gasteiger partial charge on any atom is 0.255 e. The Balaban J connectivity index is 2.26. The van der Waals surface area contributed by atoms with E-state index < -0.39 is 17.5 Å². The monoisotopic (exact) mass is 310 g/mol. The predicted octanol–water partition coefficient (Wildman–Crippen LogP) is 4.22. The van der Waals surface area contributed by atoms with Gasteiger partial charge >= 0.3 is 0 Å². The number of halogens is 3. The molecular weight excluding hydrogens is 298 g/mol. The first-order valence-electron chi connectivity index (χ1n) is 6.43. The number of aromatic nitrogens is 1. The summed E-state index contributed by atoms with van der Waals surface area (Å²) >= 11 is 5.86.